The third-order valence-electron chi connectivity index (χ3n) is 3.96. The minimum atomic E-state index is -0.997. The Morgan fingerprint density at radius 3 is 2.93 bits per heavy atom. The molecular formula is C19H17ClF2N2O4. The lowest BCUT2D eigenvalue weighted by Crippen LogP contribution is -2.28. The maximum absolute atomic E-state index is 13.9. The van der Waals surface area contributed by atoms with Crippen LogP contribution in [-0.2, 0) is 14.4 Å². The molecule has 1 atom stereocenters. The van der Waals surface area contributed by atoms with Crippen LogP contribution in [0.25, 0.3) is 0 Å². The molecular weight excluding hydrogens is 394 g/mol. The van der Waals surface area contributed by atoms with Crippen molar-refractivity contribution in [1.29, 1.82) is 0 Å². The van der Waals surface area contributed by atoms with Gasteiger partial charge in [0.25, 0.3) is 5.91 Å². The van der Waals surface area contributed by atoms with E-state index in [4.69, 9.17) is 25.9 Å². The van der Waals surface area contributed by atoms with Gasteiger partial charge in [0, 0.05) is 19.1 Å². The standard InChI is InChI=1S/C19H17ClF2N2O4/c1-26-7-8-27-18-13(20)3-2-4-15(18)23-19(25)17-10-16(24-28-17)12-9-11(21)5-6-14(12)22/h2-6,9,17H,7-8,10H2,1H3,(H,23,25). The number of anilines is 1. The maximum Gasteiger partial charge on any atom is 0.268 e. The van der Waals surface area contributed by atoms with Crippen molar-refractivity contribution < 1.29 is 27.9 Å². The van der Waals surface area contributed by atoms with Crippen LogP contribution in [-0.4, -0.2) is 38.0 Å². The second-order valence-electron chi connectivity index (χ2n) is 5.91. The van der Waals surface area contributed by atoms with E-state index in [9.17, 15) is 13.6 Å². The predicted molar refractivity (Wildman–Crippen MR) is 99.8 cm³/mol. The first kappa shape index (κ1) is 20.0. The Hall–Kier alpha value is -2.71. The minimum absolute atomic E-state index is 0.00730. The summed E-state index contributed by atoms with van der Waals surface area (Å²) in [6.07, 6.45) is -1.00. The summed E-state index contributed by atoms with van der Waals surface area (Å²) >= 11 is 6.14. The molecule has 0 bridgehead atoms. The Balaban J connectivity index is 1.68. The zero-order valence-corrected chi connectivity index (χ0v) is 15.6. The molecule has 2 aromatic rings. The molecule has 0 saturated heterocycles. The first-order valence-corrected chi connectivity index (χ1v) is 8.76. The Labute approximate surface area is 165 Å². The fourth-order valence-electron chi connectivity index (χ4n) is 2.59. The van der Waals surface area contributed by atoms with Crippen LogP contribution in [0, 0.1) is 11.6 Å². The predicted octanol–water partition coefficient (Wildman–Crippen LogP) is 3.78. The van der Waals surface area contributed by atoms with Gasteiger partial charge in [0.1, 0.15) is 18.2 Å². The molecule has 0 saturated carbocycles. The van der Waals surface area contributed by atoms with E-state index in [1.54, 1.807) is 18.2 Å². The summed E-state index contributed by atoms with van der Waals surface area (Å²) in [5.74, 6) is -1.48. The molecule has 2 aromatic carbocycles. The average Bonchev–Trinajstić information content (AvgIpc) is 3.16. The number of ether oxygens (including phenoxy) is 2. The Bertz CT molecular complexity index is 907. The van der Waals surface area contributed by atoms with Crippen molar-refractivity contribution in [1.82, 2.24) is 0 Å². The lowest BCUT2D eigenvalue weighted by molar-refractivity contribution is -0.125. The summed E-state index contributed by atoms with van der Waals surface area (Å²) in [7, 11) is 1.54. The molecule has 1 aliphatic heterocycles. The molecule has 0 aliphatic carbocycles. The van der Waals surface area contributed by atoms with Gasteiger partial charge in [0.2, 0.25) is 6.10 Å². The molecule has 0 aromatic heterocycles. The van der Waals surface area contributed by atoms with Crippen molar-refractivity contribution in [3.8, 4) is 5.75 Å². The first-order valence-electron chi connectivity index (χ1n) is 8.39. The van der Waals surface area contributed by atoms with Gasteiger partial charge in [-0.25, -0.2) is 8.78 Å². The molecule has 1 unspecified atom stereocenters. The highest BCUT2D eigenvalue weighted by Gasteiger charge is 2.31. The number of rotatable bonds is 7. The highest BCUT2D eigenvalue weighted by atomic mass is 35.5. The van der Waals surface area contributed by atoms with E-state index in [1.807, 2.05) is 0 Å². The van der Waals surface area contributed by atoms with E-state index in [-0.39, 0.29) is 24.3 Å². The normalized spacial score (nSPS) is 15.7. The quantitative estimate of drug-likeness (QED) is 0.705. The summed E-state index contributed by atoms with van der Waals surface area (Å²) in [5.41, 5.74) is 0.462. The van der Waals surface area contributed by atoms with Crippen molar-refractivity contribution in [2.24, 2.45) is 5.16 Å². The van der Waals surface area contributed by atoms with Gasteiger partial charge in [-0.05, 0) is 30.3 Å². The van der Waals surface area contributed by atoms with Crippen LogP contribution in [0.3, 0.4) is 0 Å². The zero-order chi connectivity index (χ0) is 20.1. The number of carbonyl (C=O) groups is 1. The van der Waals surface area contributed by atoms with Crippen LogP contribution in [0.5, 0.6) is 5.75 Å². The molecule has 0 fully saturated rings. The molecule has 9 heteroatoms. The summed E-state index contributed by atoms with van der Waals surface area (Å²) in [4.78, 5) is 17.6. The van der Waals surface area contributed by atoms with E-state index >= 15 is 0 Å². The van der Waals surface area contributed by atoms with Crippen LogP contribution >= 0.6 is 11.6 Å². The average molecular weight is 411 g/mol. The van der Waals surface area contributed by atoms with E-state index in [0.717, 1.165) is 18.2 Å². The van der Waals surface area contributed by atoms with E-state index in [2.05, 4.69) is 10.5 Å². The second kappa shape index (κ2) is 8.99. The largest absolute Gasteiger partial charge is 0.487 e. The summed E-state index contributed by atoms with van der Waals surface area (Å²) < 4.78 is 37.8. The SMILES string of the molecule is COCCOc1c(Cl)cccc1NC(=O)C1CC(c2cc(F)ccc2F)=NO1. The number of para-hydroxylation sites is 1. The number of hydrogen-bond acceptors (Lipinski definition) is 5. The van der Waals surface area contributed by atoms with E-state index in [1.165, 1.54) is 7.11 Å². The van der Waals surface area contributed by atoms with Crippen molar-refractivity contribution in [3.05, 3.63) is 58.6 Å². The molecule has 1 amide bonds. The topological polar surface area (TPSA) is 69.2 Å². The molecule has 6 nitrogen and oxygen atoms in total. The van der Waals surface area contributed by atoms with Crippen molar-refractivity contribution in [2.75, 3.05) is 25.6 Å². The van der Waals surface area contributed by atoms with Gasteiger partial charge in [-0.3, -0.25) is 4.79 Å². The molecule has 148 valence electrons. The molecule has 1 heterocycles. The summed E-state index contributed by atoms with van der Waals surface area (Å²) in [5, 5.41) is 6.71. The van der Waals surface area contributed by atoms with E-state index < -0.39 is 23.6 Å². The van der Waals surface area contributed by atoms with Crippen molar-refractivity contribution in [2.45, 2.75) is 12.5 Å². The number of oxime groups is 1. The molecule has 3 rings (SSSR count). The number of carbonyl (C=O) groups excluding carboxylic acids is 1. The van der Waals surface area contributed by atoms with Crippen LogP contribution in [0.2, 0.25) is 5.02 Å². The Morgan fingerprint density at radius 1 is 1.32 bits per heavy atom. The van der Waals surface area contributed by atoms with Crippen LogP contribution in [0.15, 0.2) is 41.6 Å². The van der Waals surface area contributed by atoms with E-state index in [0.29, 0.717) is 23.1 Å². The van der Waals surface area contributed by atoms with Crippen molar-refractivity contribution in [3.63, 3.8) is 0 Å². The van der Waals surface area contributed by atoms with Crippen molar-refractivity contribution >= 4 is 28.9 Å². The fourth-order valence-corrected chi connectivity index (χ4v) is 2.82. The zero-order valence-electron chi connectivity index (χ0n) is 14.9. The molecule has 0 radical (unpaired) electrons. The lowest BCUT2D eigenvalue weighted by atomic mass is 10.0. The maximum atomic E-state index is 13.9. The fraction of sp³-hybridized carbons (Fsp3) is 0.263. The third kappa shape index (κ3) is 4.58. The summed E-state index contributed by atoms with van der Waals surface area (Å²) in [6.45, 7) is 0.593. The molecule has 1 aliphatic rings. The second-order valence-corrected chi connectivity index (χ2v) is 6.31. The van der Waals surface area contributed by atoms with Crippen LogP contribution < -0.4 is 10.1 Å². The Morgan fingerprint density at radius 2 is 2.14 bits per heavy atom. The van der Waals surface area contributed by atoms with Gasteiger partial charge in [-0.2, -0.15) is 0 Å². The van der Waals surface area contributed by atoms with Gasteiger partial charge >= 0.3 is 0 Å². The van der Waals surface area contributed by atoms with Gasteiger partial charge in [0.05, 0.1) is 23.0 Å². The number of methoxy groups -OCH3 is 1. The number of amides is 1. The number of hydrogen-bond donors (Lipinski definition) is 1. The molecule has 28 heavy (non-hydrogen) atoms. The third-order valence-corrected chi connectivity index (χ3v) is 4.26. The minimum Gasteiger partial charge on any atom is -0.487 e. The smallest absolute Gasteiger partial charge is 0.268 e. The van der Waals surface area contributed by atoms with Gasteiger partial charge in [-0.1, -0.05) is 22.8 Å². The number of nitrogens with zero attached hydrogens (tertiary/aromatic N) is 1. The Kier molecular flexibility index (Phi) is 6.43. The number of halogens is 3. The summed E-state index contributed by atoms with van der Waals surface area (Å²) in [6, 6.07) is 7.91. The van der Waals surface area contributed by atoms with Gasteiger partial charge < -0.3 is 19.6 Å². The monoisotopic (exact) mass is 410 g/mol. The number of benzene rings is 2. The van der Waals surface area contributed by atoms with Gasteiger partial charge in [0.15, 0.2) is 5.75 Å². The van der Waals surface area contributed by atoms with Crippen LogP contribution in [0.4, 0.5) is 14.5 Å². The molecule has 0 spiro atoms. The van der Waals surface area contributed by atoms with Gasteiger partial charge in [-0.15, -0.1) is 0 Å². The first-order chi connectivity index (χ1) is 13.5. The number of nitrogens with one attached hydrogen (secondary N) is 1. The highest BCUT2D eigenvalue weighted by molar-refractivity contribution is 6.32. The molecule has 1 N–H and O–H groups in total. The lowest BCUT2D eigenvalue weighted by Gasteiger charge is -2.15. The van der Waals surface area contributed by atoms with Crippen LogP contribution in [0.1, 0.15) is 12.0 Å². The highest BCUT2D eigenvalue weighted by Crippen LogP contribution is 2.33.